The van der Waals surface area contributed by atoms with Gasteiger partial charge < -0.3 is 10.4 Å². The summed E-state index contributed by atoms with van der Waals surface area (Å²) in [6.45, 7) is -0.914. The SMILES string of the molecule is O=S(=O)(O)OCCS(=O)(=O)c1ccc(Nc2nc(F)[nH]c(=Nc3cc(S(=O)(=O)O)cc4cc(S(=O)(=O)O)c(N=Nc5ccc6c(S(=O)(=O)O)cccc6c5S(=O)(=O)O)c(O)c34)n2)cc1. The third kappa shape index (κ3) is 10.7. The maximum absolute atomic E-state index is 14.9. The van der Waals surface area contributed by atoms with Crippen molar-refractivity contribution >= 4 is 111 Å². The van der Waals surface area contributed by atoms with Crippen molar-refractivity contribution in [3.63, 3.8) is 0 Å². The number of nitrogens with one attached hydrogen (secondary N) is 2. The zero-order chi connectivity index (χ0) is 47.4. The monoisotopic (exact) mass is 1010 g/mol. The fraction of sp³-hybridized carbons (Fsp3) is 0.0645. The molecule has 5 aromatic carbocycles. The van der Waals surface area contributed by atoms with Gasteiger partial charge in [-0.2, -0.15) is 56.4 Å². The molecule has 6 aromatic rings. The maximum Gasteiger partial charge on any atom is 0.397 e. The largest absolute Gasteiger partial charge is 0.505 e. The fourth-order valence-corrected chi connectivity index (χ4v) is 9.99. The average molecular weight is 1010 g/mol. The smallest absolute Gasteiger partial charge is 0.397 e. The lowest BCUT2D eigenvalue weighted by Crippen LogP contribution is -2.18. The van der Waals surface area contributed by atoms with E-state index in [1.54, 1.807) is 0 Å². The first-order valence-corrected chi connectivity index (χ1v) is 25.3. The number of fused-ring (bicyclic) bond motifs is 2. The molecule has 0 saturated carbocycles. The minimum absolute atomic E-state index is 0.0105. The molecule has 0 aliphatic carbocycles. The number of hydrogen-bond donors (Lipinski definition) is 8. The molecule has 0 bridgehead atoms. The fourth-order valence-electron chi connectivity index (χ4n) is 5.77. The first-order valence-electron chi connectivity index (χ1n) is 16.5. The predicted octanol–water partition coefficient (Wildman–Crippen LogP) is 2.93. The van der Waals surface area contributed by atoms with Crippen LogP contribution in [-0.2, 0) is 64.9 Å². The number of nitrogens with zero attached hydrogens (tertiary/aromatic N) is 5. The Morgan fingerprint density at radius 3 is 1.92 bits per heavy atom. The zero-order valence-corrected chi connectivity index (χ0v) is 35.8. The number of phenols is 1. The highest BCUT2D eigenvalue weighted by molar-refractivity contribution is 7.91. The molecule has 0 aliphatic heterocycles. The lowest BCUT2D eigenvalue weighted by Gasteiger charge is -2.12. The predicted molar refractivity (Wildman–Crippen MR) is 214 cm³/mol. The number of hydrogen-bond acceptors (Lipinski definition) is 20. The van der Waals surface area contributed by atoms with Crippen molar-refractivity contribution < 1.29 is 87.0 Å². The van der Waals surface area contributed by atoms with Crippen LogP contribution in [0.1, 0.15) is 0 Å². The quantitative estimate of drug-likeness (QED) is 0.0574. The second-order valence-electron chi connectivity index (χ2n) is 12.6. The van der Waals surface area contributed by atoms with Gasteiger partial charge in [0.1, 0.15) is 26.1 Å². The highest BCUT2D eigenvalue weighted by Gasteiger charge is 2.28. The molecule has 26 nitrogen and oxygen atoms in total. The number of phenolic OH excluding ortho intramolecular Hbond substituents is 1. The molecule has 33 heteroatoms. The highest BCUT2D eigenvalue weighted by Crippen LogP contribution is 2.46. The van der Waals surface area contributed by atoms with E-state index in [9.17, 15) is 78.2 Å². The van der Waals surface area contributed by atoms with E-state index < -0.39 is 155 Å². The third-order valence-corrected chi connectivity index (χ3v) is 14.0. The Labute approximate surface area is 358 Å². The molecule has 6 rings (SSSR count). The van der Waals surface area contributed by atoms with Crippen LogP contribution in [0.3, 0.4) is 0 Å². The number of anilines is 2. The summed E-state index contributed by atoms with van der Waals surface area (Å²) < 4.78 is 213. The van der Waals surface area contributed by atoms with E-state index >= 15 is 0 Å². The van der Waals surface area contributed by atoms with Crippen LogP contribution in [-0.4, -0.2) is 106 Å². The molecule has 0 unspecified atom stereocenters. The number of sulfone groups is 1. The lowest BCUT2D eigenvalue weighted by atomic mass is 10.1. The minimum Gasteiger partial charge on any atom is -0.505 e. The minimum atomic E-state index is -5.50. The van der Waals surface area contributed by atoms with Gasteiger partial charge in [-0.15, -0.1) is 10.2 Å². The van der Waals surface area contributed by atoms with Crippen molar-refractivity contribution in [3.05, 3.63) is 84.5 Å². The summed E-state index contributed by atoms with van der Waals surface area (Å²) in [5.41, 5.74) is -3.56. The van der Waals surface area contributed by atoms with Crippen LogP contribution in [0.5, 0.6) is 5.75 Å². The maximum atomic E-state index is 14.9. The van der Waals surface area contributed by atoms with Gasteiger partial charge >= 0.3 is 10.4 Å². The van der Waals surface area contributed by atoms with Crippen LogP contribution < -0.4 is 10.9 Å². The van der Waals surface area contributed by atoms with Crippen LogP contribution in [0, 0.1) is 6.08 Å². The first-order chi connectivity index (χ1) is 29.4. The molecule has 1 aromatic heterocycles. The Morgan fingerprint density at radius 2 is 1.33 bits per heavy atom. The molecule has 0 fully saturated rings. The van der Waals surface area contributed by atoms with E-state index in [0.717, 1.165) is 54.6 Å². The molecule has 340 valence electrons. The zero-order valence-electron chi connectivity index (χ0n) is 30.9. The average Bonchev–Trinajstić information content (AvgIpc) is 3.14. The summed E-state index contributed by atoms with van der Waals surface area (Å²) in [5.74, 6) is -2.77. The first kappa shape index (κ1) is 47.5. The molecule has 0 radical (unpaired) electrons. The van der Waals surface area contributed by atoms with Gasteiger partial charge in [0, 0.05) is 16.5 Å². The second-order valence-corrected chi connectivity index (χ2v) is 21.4. The van der Waals surface area contributed by atoms with E-state index in [2.05, 4.69) is 34.7 Å². The molecular weight excluding hydrogens is 986 g/mol. The van der Waals surface area contributed by atoms with Crippen LogP contribution in [0.2, 0.25) is 0 Å². The van der Waals surface area contributed by atoms with Crippen molar-refractivity contribution in [1.82, 2.24) is 15.0 Å². The number of aromatic amines is 1. The van der Waals surface area contributed by atoms with Gasteiger partial charge in [-0.25, -0.2) is 17.6 Å². The molecule has 64 heavy (non-hydrogen) atoms. The summed E-state index contributed by atoms with van der Waals surface area (Å²) in [7, 11) is -30.1. The molecule has 1 heterocycles. The molecule has 0 spiro atoms. The van der Waals surface area contributed by atoms with Crippen molar-refractivity contribution in [3.8, 4) is 5.75 Å². The van der Waals surface area contributed by atoms with Crippen LogP contribution in [0.4, 0.5) is 33.1 Å². The van der Waals surface area contributed by atoms with Crippen molar-refractivity contribution in [2.45, 2.75) is 24.5 Å². The number of benzene rings is 5. The number of aromatic hydroxyl groups is 1. The summed E-state index contributed by atoms with van der Waals surface area (Å²) >= 11 is 0. The van der Waals surface area contributed by atoms with Gasteiger partial charge in [0.2, 0.25) is 11.6 Å². The van der Waals surface area contributed by atoms with Gasteiger partial charge in [0.15, 0.2) is 15.6 Å². The van der Waals surface area contributed by atoms with Gasteiger partial charge in [-0.05, 0) is 60.0 Å². The Morgan fingerprint density at radius 1 is 0.672 bits per heavy atom. The van der Waals surface area contributed by atoms with Gasteiger partial charge in [0.05, 0.1) is 33.2 Å². The molecule has 0 saturated heterocycles. The van der Waals surface area contributed by atoms with Gasteiger partial charge in [0.25, 0.3) is 46.6 Å². The summed E-state index contributed by atoms with van der Waals surface area (Å²) in [5, 5.41) is 19.0. The summed E-state index contributed by atoms with van der Waals surface area (Å²) in [6.07, 6.45) is -1.43. The Balaban J connectivity index is 1.50. The van der Waals surface area contributed by atoms with E-state index in [4.69, 9.17) is 4.55 Å². The van der Waals surface area contributed by atoms with E-state index in [1.165, 1.54) is 0 Å². The number of H-pyrrole nitrogens is 1. The molecule has 0 aliphatic rings. The van der Waals surface area contributed by atoms with Gasteiger partial charge in [-0.3, -0.25) is 27.7 Å². The van der Waals surface area contributed by atoms with Crippen LogP contribution in [0.15, 0.2) is 112 Å². The highest BCUT2D eigenvalue weighted by atomic mass is 32.3. The van der Waals surface area contributed by atoms with Crippen LogP contribution in [0.25, 0.3) is 21.5 Å². The standard InChI is InChI=1S/C31H24FN7O19S6/c32-29-35-30(33-16-4-6-17(7-5-16)59(41,42)11-10-58-64(55,56)57)37-31(36-29)34-22-14-18(60(43,44)45)12-15-13-24(62(49,50)51)26(27(40)25(15)22)39-38-21-9-8-19-20(28(21)63(52,53)54)2-1-3-23(19)61(46,47)48/h1-9,12-14,40H,10-11H2,(H,43,44,45)(H,46,47,48)(H,49,50,51)(H,52,53,54)(H,55,56,57)(H2,33,34,35,36,37). The molecule has 8 N–H and O–H groups in total. The van der Waals surface area contributed by atoms with E-state index in [0.29, 0.717) is 18.2 Å². The Bertz CT molecular complexity index is 3740. The lowest BCUT2D eigenvalue weighted by molar-refractivity contribution is 0.284. The molecule has 0 amide bonds. The number of rotatable bonds is 14. The third-order valence-electron chi connectivity index (χ3n) is 8.33. The number of azo groups is 1. The second kappa shape index (κ2) is 16.9. The number of halogens is 1. The summed E-state index contributed by atoms with van der Waals surface area (Å²) in [6, 6.07) is 10.6. The molecule has 0 atom stereocenters. The Hall–Kier alpha value is -5.98. The van der Waals surface area contributed by atoms with Gasteiger partial charge in [-0.1, -0.05) is 18.2 Å². The van der Waals surface area contributed by atoms with Crippen molar-refractivity contribution in [2.75, 3.05) is 17.7 Å². The molecular formula is C31H24FN7O19S6. The van der Waals surface area contributed by atoms with Crippen LogP contribution >= 0.6 is 0 Å². The number of aromatic nitrogens is 3. The van der Waals surface area contributed by atoms with Crippen molar-refractivity contribution in [2.24, 2.45) is 15.2 Å². The topological polar surface area (TPSA) is 426 Å². The van der Waals surface area contributed by atoms with Crippen molar-refractivity contribution in [1.29, 1.82) is 0 Å². The Kier molecular flexibility index (Phi) is 12.5. The van der Waals surface area contributed by atoms with E-state index in [1.807, 2.05) is 4.98 Å². The summed E-state index contributed by atoms with van der Waals surface area (Å²) in [4.78, 5) is 8.75. The normalized spacial score (nSPS) is 13.6. The van der Waals surface area contributed by atoms with E-state index in [-0.39, 0.29) is 10.6 Å².